The Bertz CT molecular complexity index is 708. The normalized spacial score (nSPS) is 12.4. The number of carboxylic acid groups (broad SMARTS) is 2. The van der Waals surface area contributed by atoms with Gasteiger partial charge in [-0.05, 0) is 23.3 Å². The molecule has 0 spiro atoms. The molecule has 2 unspecified atom stereocenters. The Morgan fingerprint density at radius 1 is 0.857 bits per heavy atom. The second kappa shape index (κ2) is 10.6. The number of methoxy groups -OCH3 is 2. The van der Waals surface area contributed by atoms with Crippen molar-refractivity contribution in [3.63, 3.8) is 0 Å². The quantitative estimate of drug-likeness (QED) is 0.390. The van der Waals surface area contributed by atoms with E-state index in [1.165, 1.54) is 26.4 Å². The van der Waals surface area contributed by atoms with Crippen molar-refractivity contribution in [3.05, 3.63) is 23.3 Å². The number of carbonyl (C=O) groups is 4. The highest BCUT2D eigenvalue weighted by Gasteiger charge is 2.33. The predicted molar refractivity (Wildman–Crippen MR) is 98.0 cm³/mol. The molecule has 0 fully saturated rings. The second-order valence-electron chi connectivity index (χ2n) is 5.28. The van der Waals surface area contributed by atoms with Gasteiger partial charge in [0.15, 0.2) is 23.6 Å². The molecule has 0 aromatic heterocycles. The van der Waals surface area contributed by atoms with E-state index in [-0.39, 0.29) is 22.6 Å². The minimum absolute atomic E-state index is 0.0837. The van der Waals surface area contributed by atoms with E-state index in [9.17, 15) is 29.4 Å². The van der Waals surface area contributed by atoms with Crippen molar-refractivity contribution in [2.75, 3.05) is 26.0 Å². The SMILES string of the molecule is COc1cc(C(NC(=O)CCl)C(=O)O)c(C(NC(=O)CCl)C(=O)O)cc1OC. The van der Waals surface area contributed by atoms with Gasteiger partial charge in [0, 0.05) is 0 Å². The van der Waals surface area contributed by atoms with E-state index in [0.29, 0.717) is 0 Å². The van der Waals surface area contributed by atoms with Gasteiger partial charge in [-0.25, -0.2) is 9.59 Å². The molecule has 12 heteroatoms. The Labute approximate surface area is 169 Å². The molecule has 28 heavy (non-hydrogen) atoms. The maximum absolute atomic E-state index is 11.7. The molecule has 154 valence electrons. The zero-order valence-corrected chi connectivity index (χ0v) is 16.3. The summed E-state index contributed by atoms with van der Waals surface area (Å²) in [5.74, 6) is -5.44. The average molecular weight is 437 g/mol. The van der Waals surface area contributed by atoms with E-state index in [2.05, 4.69) is 10.6 Å². The first-order valence-electron chi connectivity index (χ1n) is 7.62. The highest BCUT2D eigenvalue weighted by Crippen LogP contribution is 2.36. The van der Waals surface area contributed by atoms with Gasteiger partial charge in [-0.15, -0.1) is 23.2 Å². The van der Waals surface area contributed by atoms with Gasteiger partial charge in [0.2, 0.25) is 11.8 Å². The average Bonchev–Trinajstić information content (AvgIpc) is 2.68. The van der Waals surface area contributed by atoms with Crippen LogP contribution in [-0.4, -0.2) is 59.9 Å². The van der Waals surface area contributed by atoms with Gasteiger partial charge in [0.1, 0.15) is 11.8 Å². The van der Waals surface area contributed by atoms with Crippen molar-refractivity contribution in [2.45, 2.75) is 12.1 Å². The van der Waals surface area contributed by atoms with Crippen molar-refractivity contribution in [2.24, 2.45) is 0 Å². The predicted octanol–water partition coefficient (Wildman–Crippen LogP) is 0.665. The molecule has 0 aliphatic rings. The summed E-state index contributed by atoms with van der Waals surface area (Å²) in [4.78, 5) is 46.8. The van der Waals surface area contributed by atoms with Crippen LogP contribution in [0.2, 0.25) is 0 Å². The van der Waals surface area contributed by atoms with Crippen LogP contribution < -0.4 is 20.1 Å². The zero-order chi connectivity index (χ0) is 21.4. The molecule has 1 rings (SSSR count). The highest BCUT2D eigenvalue weighted by atomic mass is 35.5. The van der Waals surface area contributed by atoms with E-state index in [1.807, 2.05) is 0 Å². The van der Waals surface area contributed by atoms with Crippen LogP contribution in [0.4, 0.5) is 0 Å². The first-order valence-corrected chi connectivity index (χ1v) is 8.69. The van der Waals surface area contributed by atoms with Crippen LogP contribution in [0.1, 0.15) is 23.2 Å². The van der Waals surface area contributed by atoms with Gasteiger partial charge in [0.05, 0.1) is 14.2 Å². The molecular formula is C16H18Cl2N2O8. The summed E-state index contributed by atoms with van der Waals surface area (Å²) in [7, 11) is 2.58. The summed E-state index contributed by atoms with van der Waals surface area (Å²) in [5, 5.41) is 23.4. The molecule has 1 aromatic carbocycles. The number of carboxylic acids is 2. The number of hydrogen-bond donors (Lipinski definition) is 4. The van der Waals surface area contributed by atoms with E-state index in [1.54, 1.807) is 0 Å². The summed E-state index contributed by atoms with van der Waals surface area (Å²) in [6.07, 6.45) is 0. The number of halogens is 2. The summed E-state index contributed by atoms with van der Waals surface area (Å²) < 4.78 is 10.2. The van der Waals surface area contributed by atoms with Crippen LogP contribution in [0.5, 0.6) is 11.5 Å². The minimum atomic E-state index is -1.67. The Morgan fingerprint density at radius 2 is 1.18 bits per heavy atom. The zero-order valence-electron chi connectivity index (χ0n) is 14.8. The first-order chi connectivity index (χ1) is 13.2. The number of benzene rings is 1. The van der Waals surface area contributed by atoms with E-state index in [4.69, 9.17) is 32.7 Å². The Kier molecular flexibility index (Phi) is 8.80. The molecule has 0 aliphatic heterocycles. The number of alkyl halides is 2. The lowest BCUT2D eigenvalue weighted by atomic mass is 9.93. The van der Waals surface area contributed by atoms with Gasteiger partial charge in [-0.1, -0.05) is 0 Å². The third kappa shape index (κ3) is 5.64. The minimum Gasteiger partial charge on any atom is -0.493 e. The number of amides is 2. The Morgan fingerprint density at radius 3 is 1.39 bits per heavy atom. The van der Waals surface area contributed by atoms with Crippen LogP contribution >= 0.6 is 23.2 Å². The van der Waals surface area contributed by atoms with E-state index in [0.717, 1.165) is 0 Å². The van der Waals surface area contributed by atoms with Crippen molar-refractivity contribution >= 4 is 47.0 Å². The Balaban J connectivity index is 3.70. The summed E-state index contributed by atoms with van der Waals surface area (Å²) in [5.41, 5.74) is -0.295. The molecule has 4 N–H and O–H groups in total. The molecular weight excluding hydrogens is 419 g/mol. The number of carbonyl (C=O) groups excluding carboxylic acids is 2. The molecule has 10 nitrogen and oxygen atoms in total. The van der Waals surface area contributed by atoms with Crippen LogP contribution in [0.25, 0.3) is 0 Å². The number of nitrogens with one attached hydrogen (secondary N) is 2. The van der Waals surface area contributed by atoms with Gasteiger partial charge >= 0.3 is 11.9 Å². The van der Waals surface area contributed by atoms with E-state index >= 15 is 0 Å². The van der Waals surface area contributed by atoms with Gasteiger partial charge in [0.25, 0.3) is 0 Å². The molecule has 0 aliphatic carbocycles. The number of rotatable bonds is 10. The maximum Gasteiger partial charge on any atom is 0.330 e. The monoisotopic (exact) mass is 436 g/mol. The molecule has 2 atom stereocenters. The molecule has 0 bridgehead atoms. The topological polar surface area (TPSA) is 151 Å². The van der Waals surface area contributed by atoms with Crippen LogP contribution in [0.3, 0.4) is 0 Å². The second-order valence-corrected chi connectivity index (χ2v) is 5.82. The number of aliphatic carboxylic acids is 2. The number of hydrogen-bond acceptors (Lipinski definition) is 6. The fourth-order valence-electron chi connectivity index (χ4n) is 2.35. The number of ether oxygens (including phenoxy) is 2. The summed E-state index contributed by atoms with van der Waals surface area (Å²) in [6.45, 7) is 0. The van der Waals surface area contributed by atoms with Gasteiger partial charge in [-0.2, -0.15) is 0 Å². The van der Waals surface area contributed by atoms with E-state index < -0.39 is 47.6 Å². The third-order valence-corrected chi connectivity index (χ3v) is 4.04. The molecule has 0 radical (unpaired) electrons. The van der Waals surface area contributed by atoms with Crippen LogP contribution in [-0.2, 0) is 19.2 Å². The van der Waals surface area contributed by atoms with Gasteiger partial charge < -0.3 is 30.3 Å². The molecule has 0 saturated carbocycles. The lowest BCUT2D eigenvalue weighted by molar-refractivity contribution is -0.143. The fourth-order valence-corrected chi connectivity index (χ4v) is 2.51. The van der Waals surface area contributed by atoms with Crippen molar-refractivity contribution in [1.82, 2.24) is 10.6 Å². The Hall–Kier alpha value is -2.72. The lowest BCUT2D eigenvalue weighted by Crippen LogP contribution is -2.38. The lowest BCUT2D eigenvalue weighted by Gasteiger charge is -2.24. The maximum atomic E-state index is 11.7. The van der Waals surface area contributed by atoms with Gasteiger partial charge in [-0.3, -0.25) is 9.59 Å². The highest BCUT2D eigenvalue weighted by molar-refractivity contribution is 6.27. The van der Waals surface area contributed by atoms with Crippen molar-refractivity contribution in [3.8, 4) is 11.5 Å². The van der Waals surface area contributed by atoms with Crippen LogP contribution in [0, 0.1) is 0 Å². The van der Waals surface area contributed by atoms with Crippen LogP contribution in [0.15, 0.2) is 12.1 Å². The molecule has 1 aromatic rings. The largest absolute Gasteiger partial charge is 0.493 e. The summed E-state index contributed by atoms with van der Waals surface area (Å²) in [6, 6.07) is -0.944. The first kappa shape index (κ1) is 23.3. The molecule has 0 saturated heterocycles. The third-order valence-electron chi connectivity index (χ3n) is 3.56. The van der Waals surface area contributed by atoms with Crippen molar-refractivity contribution in [1.29, 1.82) is 0 Å². The van der Waals surface area contributed by atoms with Crippen molar-refractivity contribution < 1.29 is 38.9 Å². The molecule has 0 heterocycles. The fraction of sp³-hybridized carbons (Fsp3) is 0.375. The standard InChI is InChI=1S/C16H18Cl2N2O8/c1-27-9-3-7(13(15(23)24)19-11(21)5-17)8(4-10(9)28-2)14(16(25)26)20-12(22)6-18/h3-4,13-14H,5-6H2,1-2H3,(H,19,21)(H,20,22)(H,23,24)(H,25,26). The smallest absolute Gasteiger partial charge is 0.330 e. The summed E-state index contributed by atoms with van der Waals surface area (Å²) >= 11 is 10.8. The molecule has 2 amide bonds.